The predicted molar refractivity (Wildman–Crippen MR) is 75.1 cm³/mol. The average molecular weight is 274 g/mol. The molecule has 0 aliphatic carbocycles. The van der Waals surface area contributed by atoms with Crippen molar-refractivity contribution in [3.8, 4) is 0 Å². The van der Waals surface area contributed by atoms with Gasteiger partial charge in [0, 0.05) is 12.4 Å². The Labute approximate surface area is 114 Å². The van der Waals surface area contributed by atoms with Crippen LogP contribution >= 0.6 is 11.8 Å². The molecule has 6 nitrogen and oxygen atoms in total. The van der Waals surface area contributed by atoms with Crippen LogP contribution in [0.4, 0.5) is 5.95 Å². The molecule has 3 rings (SSSR count). The average Bonchev–Trinajstić information content (AvgIpc) is 2.96. The molecule has 7 heteroatoms. The van der Waals surface area contributed by atoms with Gasteiger partial charge in [-0.25, -0.2) is 4.98 Å². The second-order valence-electron chi connectivity index (χ2n) is 4.06. The van der Waals surface area contributed by atoms with E-state index in [0.29, 0.717) is 12.5 Å². The van der Waals surface area contributed by atoms with Gasteiger partial charge < -0.3 is 10.1 Å². The molecule has 0 unspecified atom stereocenters. The van der Waals surface area contributed by atoms with E-state index in [-0.39, 0.29) is 0 Å². The lowest BCUT2D eigenvalue weighted by molar-refractivity contribution is 0.705. The number of nitrogen functional groups attached to an aromatic ring is 1. The number of imidazole rings is 1. The number of pyridine rings is 1. The zero-order valence-electron chi connectivity index (χ0n) is 10.5. The number of hydrogen-bond acceptors (Lipinski definition) is 5. The Morgan fingerprint density at radius 1 is 1.32 bits per heavy atom. The first-order chi connectivity index (χ1) is 9.28. The number of thioether (sulfide) groups is 1. The molecule has 0 saturated heterocycles. The number of rotatable bonds is 4. The predicted octanol–water partition coefficient (Wildman–Crippen LogP) is 1.67. The number of hydrogen-bond donors (Lipinski definition) is 1. The highest BCUT2D eigenvalue weighted by atomic mass is 32.2. The molecule has 3 heterocycles. The number of fused-ring (bicyclic) bond motifs is 1. The minimum atomic E-state index is 0.424. The molecule has 0 aliphatic heterocycles. The van der Waals surface area contributed by atoms with Gasteiger partial charge in [0.15, 0.2) is 5.16 Å². The number of anilines is 1. The van der Waals surface area contributed by atoms with E-state index < -0.39 is 0 Å². The first kappa shape index (κ1) is 12.0. The molecule has 98 valence electrons. The van der Waals surface area contributed by atoms with Gasteiger partial charge in [-0.1, -0.05) is 24.8 Å². The Hall–Kier alpha value is -2.02. The van der Waals surface area contributed by atoms with E-state index in [2.05, 4.69) is 22.1 Å². The third-order valence-electron chi connectivity index (χ3n) is 2.75. The van der Waals surface area contributed by atoms with Crippen molar-refractivity contribution in [2.24, 2.45) is 0 Å². The molecule has 0 radical (unpaired) electrons. The minimum absolute atomic E-state index is 0.424. The summed E-state index contributed by atoms with van der Waals surface area (Å²) in [5, 5.41) is 8.82. The maximum absolute atomic E-state index is 5.86. The van der Waals surface area contributed by atoms with Crippen LogP contribution in [0.3, 0.4) is 0 Å². The number of nitrogens with zero attached hydrogens (tertiary/aromatic N) is 5. The van der Waals surface area contributed by atoms with Crippen molar-refractivity contribution >= 4 is 23.4 Å². The normalized spacial score (nSPS) is 11.2. The van der Waals surface area contributed by atoms with Crippen molar-refractivity contribution in [2.45, 2.75) is 18.6 Å². The molecule has 0 fully saturated rings. The van der Waals surface area contributed by atoms with Gasteiger partial charge >= 0.3 is 0 Å². The lowest BCUT2D eigenvalue weighted by Gasteiger charge is -2.04. The van der Waals surface area contributed by atoms with E-state index in [1.165, 1.54) is 0 Å². The van der Waals surface area contributed by atoms with Gasteiger partial charge in [0.25, 0.3) is 0 Å². The Morgan fingerprint density at radius 2 is 2.21 bits per heavy atom. The largest absolute Gasteiger partial charge is 0.368 e. The molecule has 19 heavy (non-hydrogen) atoms. The van der Waals surface area contributed by atoms with E-state index in [1.54, 1.807) is 11.8 Å². The summed E-state index contributed by atoms with van der Waals surface area (Å²) in [5.41, 5.74) is 7.72. The molecule has 3 aromatic rings. The van der Waals surface area contributed by atoms with Gasteiger partial charge in [0.05, 0.1) is 12.2 Å². The van der Waals surface area contributed by atoms with Gasteiger partial charge in [0.1, 0.15) is 5.65 Å². The number of aromatic nitrogens is 5. The SMILES string of the molecule is CCSc1nnc(N)n1Cc1cn2ccccc2n1. The topological polar surface area (TPSA) is 74.0 Å². The fourth-order valence-electron chi connectivity index (χ4n) is 1.91. The van der Waals surface area contributed by atoms with Gasteiger partial charge in [-0.05, 0) is 17.9 Å². The second-order valence-corrected chi connectivity index (χ2v) is 5.29. The summed E-state index contributed by atoms with van der Waals surface area (Å²) in [5.74, 6) is 1.36. The molecular weight excluding hydrogens is 260 g/mol. The lowest BCUT2D eigenvalue weighted by atomic mass is 10.5. The summed E-state index contributed by atoms with van der Waals surface area (Å²) >= 11 is 1.62. The van der Waals surface area contributed by atoms with Crippen molar-refractivity contribution in [1.29, 1.82) is 0 Å². The van der Waals surface area contributed by atoms with Crippen molar-refractivity contribution in [1.82, 2.24) is 24.1 Å². The van der Waals surface area contributed by atoms with Crippen LogP contribution in [0.5, 0.6) is 0 Å². The van der Waals surface area contributed by atoms with Gasteiger partial charge in [-0.2, -0.15) is 0 Å². The molecule has 0 spiro atoms. The maximum Gasteiger partial charge on any atom is 0.223 e. The number of nitrogens with two attached hydrogens (primary N) is 1. The first-order valence-electron chi connectivity index (χ1n) is 6.02. The van der Waals surface area contributed by atoms with Crippen molar-refractivity contribution in [3.63, 3.8) is 0 Å². The zero-order valence-corrected chi connectivity index (χ0v) is 11.3. The quantitative estimate of drug-likeness (QED) is 0.732. The van der Waals surface area contributed by atoms with Gasteiger partial charge in [-0.15, -0.1) is 10.2 Å². The molecule has 0 atom stereocenters. The molecule has 0 bridgehead atoms. The highest BCUT2D eigenvalue weighted by molar-refractivity contribution is 7.99. The smallest absolute Gasteiger partial charge is 0.223 e. The summed E-state index contributed by atoms with van der Waals surface area (Å²) in [6.45, 7) is 2.66. The van der Waals surface area contributed by atoms with Crippen molar-refractivity contribution in [3.05, 3.63) is 36.3 Å². The van der Waals surface area contributed by atoms with E-state index in [1.807, 2.05) is 39.6 Å². The van der Waals surface area contributed by atoms with Crippen molar-refractivity contribution in [2.75, 3.05) is 11.5 Å². The molecule has 0 amide bonds. The van der Waals surface area contributed by atoms with Crippen LogP contribution in [0.25, 0.3) is 5.65 Å². The Balaban J connectivity index is 1.94. The van der Waals surface area contributed by atoms with Crippen LogP contribution in [0.2, 0.25) is 0 Å². The van der Waals surface area contributed by atoms with E-state index in [0.717, 1.165) is 22.3 Å². The van der Waals surface area contributed by atoms with Crippen LogP contribution in [0, 0.1) is 0 Å². The third kappa shape index (κ3) is 2.28. The summed E-state index contributed by atoms with van der Waals surface area (Å²) in [6.07, 6.45) is 3.97. The fourth-order valence-corrected chi connectivity index (χ4v) is 2.58. The standard InChI is InChI=1S/C12H14N6S/c1-2-19-12-16-15-11(13)18(12)8-9-7-17-6-4-3-5-10(17)14-9/h3-7H,2,8H2,1H3,(H2,13,15). The first-order valence-corrected chi connectivity index (χ1v) is 7.00. The fraction of sp³-hybridized carbons (Fsp3) is 0.250. The van der Waals surface area contributed by atoms with E-state index >= 15 is 0 Å². The van der Waals surface area contributed by atoms with E-state index in [9.17, 15) is 0 Å². The molecule has 2 N–H and O–H groups in total. The van der Waals surface area contributed by atoms with Crippen molar-refractivity contribution < 1.29 is 0 Å². The third-order valence-corrected chi connectivity index (χ3v) is 3.60. The second kappa shape index (κ2) is 4.93. The highest BCUT2D eigenvalue weighted by Gasteiger charge is 2.11. The van der Waals surface area contributed by atoms with E-state index in [4.69, 9.17) is 5.73 Å². The Kier molecular flexibility index (Phi) is 3.12. The summed E-state index contributed by atoms with van der Waals surface area (Å²) < 4.78 is 3.87. The summed E-state index contributed by atoms with van der Waals surface area (Å²) in [6, 6.07) is 5.92. The molecule has 0 saturated carbocycles. The Morgan fingerprint density at radius 3 is 3.00 bits per heavy atom. The highest BCUT2D eigenvalue weighted by Crippen LogP contribution is 2.19. The summed E-state index contributed by atoms with van der Waals surface area (Å²) in [4.78, 5) is 4.55. The zero-order chi connectivity index (χ0) is 13.2. The lowest BCUT2D eigenvalue weighted by Crippen LogP contribution is -2.06. The van der Waals surface area contributed by atoms with Crippen LogP contribution in [-0.4, -0.2) is 29.9 Å². The summed E-state index contributed by atoms with van der Waals surface area (Å²) in [7, 11) is 0. The molecule has 3 aromatic heterocycles. The Bertz CT molecular complexity index is 668. The van der Waals surface area contributed by atoms with Crippen LogP contribution in [0.1, 0.15) is 12.6 Å². The van der Waals surface area contributed by atoms with Gasteiger partial charge in [-0.3, -0.25) is 4.57 Å². The molecule has 0 aromatic carbocycles. The monoisotopic (exact) mass is 274 g/mol. The van der Waals surface area contributed by atoms with Gasteiger partial charge in [0.2, 0.25) is 5.95 Å². The molecular formula is C12H14N6S. The van der Waals surface area contributed by atoms with Crippen LogP contribution < -0.4 is 5.73 Å². The molecule has 0 aliphatic rings. The van der Waals surface area contributed by atoms with Crippen LogP contribution in [0.15, 0.2) is 35.7 Å². The minimum Gasteiger partial charge on any atom is -0.368 e. The maximum atomic E-state index is 5.86. The van der Waals surface area contributed by atoms with Crippen LogP contribution in [-0.2, 0) is 6.54 Å².